The lowest BCUT2D eigenvalue weighted by molar-refractivity contribution is 0.188. The molecule has 2 unspecified atom stereocenters. The third-order valence-electron chi connectivity index (χ3n) is 6.74. The lowest BCUT2D eigenvalue weighted by Gasteiger charge is -2.37. The minimum Gasteiger partial charge on any atom is -0.361 e. The molecule has 0 radical (unpaired) electrons. The van der Waals surface area contributed by atoms with Crippen molar-refractivity contribution in [3.63, 3.8) is 0 Å². The third-order valence-corrected chi connectivity index (χ3v) is 6.74. The van der Waals surface area contributed by atoms with Gasteiger partial charge in [0, 0.05) is 29.2 Å². The van der Waals surface area contributed by atoms with Gasteiger partial charge in [-0.3, -0.25) is 0 Å². The Morgan fingerprint density at radius 2 is 1.93 bits per heavy atom. The molecule has 0 saturated carbocycles. The van der Waals surface area contributed by atoms with Gasteiger partial charge in [0.05, 0.1) is 0 Å². The number of likely N-dealkylation sites (N-methyl/N-ethyl adjacent to an activating group) is 1. The van der Waals surface area contributed by atoms with Crippen LogP contribution in [-0.2, 0) is 6.42 Å². The van der Waals surface area contributed by atoms with Crippen molar-refractivity contribution in [2.75, 3.05) is 20.1 Å². The molecule has 0 bridgehead atoms. The van der Waals surface area contributed by atoms with E-state index >= 15 is 0 Å². The maximum Gasteiger partial charge on any atom is 0.204 e. The molecule has 1 fully saturated rings. The van der Waals surface area contributed by atoms with E-state index in [0.29, 0.717) is 17.7 Å². The van der Waals surface area contributed by atoms with Gasteiger partial charge in [-0.1, -0.05) is 30.3 Å². The van der Waals surface area contributed by atoms with Gasteiger partial charge in [-0.15, -0.1) is 10.2 Å². The molecule has 0 aliphatic carbocycles. The quantitative estimate of drug-likeness (QED) is 0.537. The zero-order chi connectivity index (χ0) is 20.7. The highest BCUT2D eigenvalue weighted by atomic mass is 15.5. The van der Waals surface area contributed by atoms with Crippen LogP contribution in [0.15, 0.2) is 42.6 Å². The van der Waals surface area contributed by atoms with Gasteiger partial charge >= 0.3 is 0 Å². The standard InChI is InChI=1S/C24H28N6/c1-15-12-16(2)23-20(8-10-25-23)21(15)13-19-9-11-30(3)14-22(19)17-4-6-18(7-5-17)24-26-28-29-27-24/h4-8,10,12,19,22,25H,9,11,13-14H2,1-3H3,(H,26,27,28,29). The fourth-order valence-corrected chi connectivity index (χ4v) is 5.13. The minimum atomic E-state index is 0.512. The molecule has 2 atom stereocenters. The van der Waals surface area contributed by atoms with E-state index in [1.807, 2.05) is 0 Å². The number of hydrogen-bond donors (Lipinski definition) is 2. The average molecular weight is 401 g/mol. The summed E-state index contributed by atoms with van der Waals surface area (Å²) in [5, 5.41) is 15.8. The SMILES string of the molecule is Cc1cc(C)c2[nH]ccc2c1CC1CCN(C)CC1c1ccc(-c2nn[nH]n2)cc1. The molecule has 154 valence electrons. The van der Waals surface area contributed by atoms with E-state index in [1.54, 1.807) is 0 Å². The van der Waals surface area contributed by atoms with Crippen LogP contribution in [0.4, 0.5) is 0 Å². The normalized spacial score (nSPS) is 20.1. The molecule has 2 N–H and O–H groups in total. The highest BCUT2D eigenvalue weighted by molar-refractivity contribution is 5.87. The number of piperidine rings is 1. The van der Waals surface area contributed by atoms with Crippen LogP contribution >= 0.6 is 0 Å². The lowest BCUT2D eigenvalue weighted by atomic mass is 9.76. The van der Waals surface area contributed by atoms with E-state index in [-0.39, 0.29) is 0 Å². The molecule has 0 amide bonds. The summed E-state index contributed by atoms with van der Waals surface area (Å²) in [5.74, 6) is 1.78. The predicted octanol–water partition coefficient (Wildman–Crippen LogP) is 4.24. The first-order valence-electron chi connectivity index (χ1n) is 10.7. The van der Waals surface area contributed by atoms with Gasteiger partial charge in [-0.2, -0.15) is 5.21 Å². The Bertz CT molecular complexity index is 1140. The number of likely N-dealkylation sites (tertiary alicyclic amines) is 1. The number of tetrazole rings is 1. The zero-order valence-electron chi connectivity index (χ0n) is 17.8. The number of nitrogens with zero attached hydrogens (tertiary/aromatic N) is 4. The second-order valence-electron chi connectivity index (χ2n) is 8.73. The largest absolute Gasteiger partial charge is 0.361 e. The molecule has 2 aromatic heterocycles. The van der Waals surface area contributed by atoms with Crippen LogP contribution in [-0.4, -0.2) is 50.6 Å². The van der Waals surface area contributed by atoms with Gasteiger partial charge in [0.25, 0.3) is 0 Å². The smallest absolute Gasteiger partial charge is 0.204 e. The van der Waals surface area contributed by atoms with Gasteiger partial charge in [0.2, 0.25) is 5.82 Å². The summed E-state index contributed by atoms with van der Waals surface area (Å²) in [6, 6.07) is 13.3. The molecule has 6 heteroatoms. The first kappa shape index (κ1) is 19.0. The van der Waals surface area contributed by atoms with E-state index in [1.165, 1.54) is 39.6 Å². The zero-order valence-corrected chi connectivity index (χ0v) is 17.8. The Morgan fingerprint density at radius 3 is 2.70 bits per heavy atom. The highest BCUT2D eigenvalue weighted by Crippen LogP contribution is 2.37. The number of aromatic amines is 2. The third kappa shape index (κ3) is 3.41. The van der Waals surface area contributed by atoms with Crippen LogP contribution in [0.5, 0.6) is 0 Å². The van der Waals surface area contributed by atoms with Crippen molar-refractivity contribution in [2.45, 2.75) is 32.6 Å². The van der Waals surface area contributed by atoms with Gasteiger partial charge in [-0.25, -0.2) is 0 Å². The van der Waals surface area contributed by atoms with E-state index in [2.05, 4.69) is 94.0 Å². The Balaban J connectivity index is 1.46. The van der Waals surface area contributed by atoms with E-state index in [0.717, 1.165) is 25.1 Å². The van der Waals surface area contributed by atoms with Crippen molar-refractivity contribution in [1.82, 2.24) is 30.5 Å². The Kier molecular flexibility index (Phi) is 4.87. The fraction of sp³-hybridized carbons (Fsp3) is 0.375. The number of nitrogens with one attached hydrogen (secondary N) is 2. The van der Waals surface area contributed by atoms with Crippen molar-refractivity contribution >= 4 is 10.9 Å². The second kappa shape index (κ2) is 7.69. The molecule has 5 rings (SSSR count). The molecular formula is C24H28N6. The number of hydrogen-bond acceptors (Lipinski definition) is 4. The van der Waals surface area contributed by atoms with Crippen LogP contribution < -0.4 is 0 Å². The van der Waals surface area contributed by atoms with E-state index in [4.69, 9.17) is 0 Å². The number of aromatic nitrogens is 5. The first-order valence-corrected chi connectivity index (χ1v) is 10.7. The first-order chi connectivity index (χ1) is 14.6. The van der Waals surface area contributed by atoms with Crippen LogP contribution in [0, 0.1) is 19.8 Å². The maximum absolute atomic E-state index is 4.09. The summed E-state index contributed by atoms with van der Waals surface area (Å²) < 4.78 is 0. The number of aryl methyl sites for hydroxylation is 2. The van der Waals surface area contributed by atoms with Gasteiger partial charge < -0.3 is 9.88 Å². The minimum absolute atomic E-state index is 0.512. The summed E-state index contributed by atoms with van der Waals surface area (Å²) >= 11 is 0. The second-order valence-corrected chi connectivity index (χ2v) is 8.73. The maximum atomic E-state index is 4.09. The summed E-state index contributed by atoms with van der Waals surface area (Å²) in [6.07, 6.45) is 4.40. The number of H-pyrrole nitrogens is 2. The molecule has 1 saturated heterocycles. The van der Waals surface area contributed by atoms with Crippen molar-refractivity contribution in [1.29, 1.82) is 0 Å². The lowest BCUT2D eigenvalue weighted by Crippen LogP contribution is -2.37. The molecule has 6 nitrogen and oxygen atoms in total. The van der Waals surface area contributed by atoms with Crippen LogP contribution in [0.1, 0.15) is 34.6 Å². The van der Waals surface area contributed by atoms with Crippen molar-refractivity contribution in [3.05, 3.63) is 64.8 Å². The molecule has 1 aliphatic heterocycles. The Hall–Kier alpha value is -2.99. The van der Waals surface area contributed by atoms with Crippen LogP contribution in [0.25, 0.3) is 22.3 Å². The summed E-state index contributed by atoms with van der Waals surface area (Å²) in [4.78, 5) is 5.89. The van der Waals surface area contributed by atoms with Crippen molar-refractivity contribution in [2.24, 2.45) is 5.92 Å². The Morgan fingerprint density at radius 1 is 1.10 bits per heavy atom. The molecule has 0 spiro atoms. The van der Waals surface area contributed by atoms with Crippen LogP contribution in [0.3, 0.4) is 0 Å². The van der Waals surface area contributed by atoms with Gasteiger partial charge in [0.15, 0.2) is 0 Å². The molecule has 30 heavy (non-hydrogen) atoms. The summed E-state index contributed by atoms with van der Waals surface area (Å²) in [6.45, 7) is 6.70. The number of benzene rings is 2. The van der Waals surface area contributed by atoms with Crippen molar-refractivity contribution in [3.8, 4) is 11.4 Å². The monoisotopic (exact) mass is 400 g/mol. The summed E-state index contributed by atoms with van der Waals surface area (Å²) in [5.41, 5.74) is 7.91. The van der Waals surface area contributed by atoms with Gasteiger partial charge in [0.1, 0.15) is 0 Å². The Labute approximate surface area is 176 Å². The average Bonchev–Trinajstić information content (AvgIpc) is 3.44. The topological polar surface area (TPSA) is 73.5 Å². The molecular weight excluding hydrogens is 372 g/mol. The molecule has 4 aromatic rings. The van der Waals surface area contributed by atoms with Crippen LogP contribution in [0.2, 0.25) is 0 Å². The number of rotatable bonds is 4. The highest BCUT2D eigenvalue weighted by Gasteiger charge is 2.30. The molecule has 2 aromatic carbocycles. The van der Waals surface area contributed by atoms with Crippen molar-refractivity contribution < 1.29 is 0 Å². The van der Waals surface area contributed by atoms with E-state index in [9.17, 15) is 0 Å². The van der Waals surface area contributed by atoms with E-state index < -0.39 is 0 Å². The molecule has 1 aliphatic rings. The predicted molar refractivity (Wildman–Crippen MR) is 119 cm³/mol. The molecule has 3 heterocycles. The van der Waals surface area contributed by atoms with Gasteiger partial charge in [-0.05, 0) is 85.7 Å². The number of fused-ring (bicyclic) bond motifs is 1. The fourth-order valence-electron chi connectivity index (χ4n) is 5.13. The summed E-state index contributed by atoms with van der Waals surface area (Å²) in [7, 11) is 2.23.